The first-order valence-electron chi connectivity index (χ1n) is 7.50. The van der Waals surface area contributed by atoms with E-state index in [9.17, 15) is 13.2 Å². The molecular formula is C14H21N3O4S2. The van der Waals surface area contributed by atoms with Gasteiger partial charge in [0.2, 0.25) is 10.0 Å². The van der Waals surface area contributed by atoms with Gasteiger partial charge in [0.05, 0.1) is 29.0 Å². The van der Waals surface area contributed by atoms with Gasteiger partial charge in [-0.05, 0) is 13.1 Å². The zero-order valence-electron chi connectivity index (χ0n) is 13.2. The largest absolute Gasteiger partial charge is 0.379 e. The minimum atomic E-state index is -3.63. The van der Waals surface area contributed by atoms with Crippen LogP contribution in [-0.2, 0) is 14.8 Å². The van der Waals surface area contributed by atoms with Crippen LogP contribution in [0.2, 0.25) is 0 Å². The summed E-state index contributed by atoms with van der Waals surface area (Å²) in [7, 11) is -0.0881. The van der Waals surface area contributed by atoms with Crippen molar-refractivity contribution < 1.29 is 17.9 Å². The fraction of sp³-hybridized carbons (Fsp3) is 0.643. The summed E-state index contributed by atoms with van der Waals surface area (Å²) in [6.07, 6.45) is 0. The molecule has 0 aromatic carbocycles. The Balaban J connectivity index is 1.92. The number of carbonyl (C=O) groups excluding carboxylic acids is 1. The smallest absolute Gasteiger partial charge is 0.261 e. The molecule has 3 rings (SSSR count). The predicted octanol–water partition coefficient (Wildman–Crippen LogP) is 0.0588. The minimum absolute atomic E-state index is 0.166. The fourth-order valence-electron chi connectivity index (χ4n) is 3.17. The molecule has 2 aliphatic heterocycles. The maximum absolute atomic E-state index is 13.0. The molecule has 2 aliphatic rings. The van der Waals surface area contributed by atoms with E-state index in [-0.39, 0.29) is 22.8 Å². The molecule has 9 heteroatoms. The molecule has 1 aromatic rings. The van der Waals surface area contributed by atoms with Gasteiger partial charge in [0, 0.05) is 38.0 Å². The summed E-state index contributed by atoms with van der Waals surface area (Å²) in [5, 5.41) is 4.06. The maximum Gasteiger partial charge on any atom is 0.261 e. The third-order valence-electron chi connectivity index (χ3n) is 4.23. The normalized spacial score (nSPS) is 26.7. The zero-order chi connectivity index (χ0) is 16.6. The van der Waals surface area contributed by atoms with Crippen LogP contribution in [0.1, 0.15) is 9.67 Å². The molecule has 3 heterocycles. The Morgan fingerprint density at radius 3 is 2.87 bits per heavy atom. The third kappa shape index (κ3) is 3.29. The second-order valence-electron chi connectivity index (χ2n) is 6.08. The van der Waals surface area contributed by atoms with Crippen molar-refractivity contribution in [1.82, 2.24) is 14.5 Å². The first kappa shape index (κ1) is 16.8. The Hall–Kier alpha value is -1.00. The average molecular weight is 359 g/mol. The molecule has 0 radical (unpaired) electrons. The van der Waals surface area contributed by atoms with Gasteiger partial charge in [-0.2, -0.15) is 4.31 Å². The highest BCUT2D eigenvalue weighted by atomic mass is 32.2. The number of sulfonamides is 1. The number of hydrogen-bond acceptors (Lipinski definition) is 6. The zero-order valence-corrected chi connectivity index (χ0v) is 14.8. The number of amides is 1. The van der Waals surface area contributed by atoms with Crippen LogP contribution < -0.4 is 5.32 Å². The van der Waals surface area contributed by atoms with Crippen molar-refractivity contribution in [3.63, 3.8) is 0 Å². The molecular weight excluding hydrogens is 338 g/mol. The van der Waals surface area contributed by atoms with E-state index in [1.807, 2.05) is 7.05 Å². The molecule has 2 bridgehead atoms. The van der Waals surface area contributed by atoms with E-state index in [2.05, 4.69) is 10.2 Å². The van der Waals surface area contributed by atoms with Gasteiger partial charge in [0.25, 0.3) is 5.91 Å². The Morgan fingerprint density at radius 1 is 1.35 bits per heavy atom. The van der Waals surface area contributed by atoms with Crippen LogP contribution in [0.25, 0.3) is 0 Å². The van der Waals surface area contributed by atoms with Gasteiger partial charge in [-0.1, -0.05) is 0 Å². The highest BCUT2D eigenvalue weighted by Crippen LogP contribution is 2.28. The van der Waals surface area contributed by atoms with Crippen molar-refractivity contribution in [3.8, 4) is 0 Å². The number of rotatable bonds is 3. The van der Waals surface area contributed by atoms with Crippen molar-refractivity contribution in [2.24, 2.45) is 5.92 Å². The van der Waals surface area contributed by atoms with Gasteiger partial charge in [0.1, 0.15) is 0 Å². The minimum Gasteiger partial charge on any atom is -0.379 e. The average Bonchev–Trinajstić information content (AvgIpc) is 2.84. The van der Waals surface area contributed by atoms with Gasteiger partial charge in [-0.15, -0.1) is 11.3 Å². The molecule has 0 saturated carbocycles. The maximum atomic E-state index is 13.0. The highest BCUT2D eigenvalue weighted by Gasteiger charge is 2.39. The van der Waals surface area contributed by atoms with E-state index < -0.39 is 10.0 Å². The van der Waals surface area contributed by atoms with Gasteiger partial charge < -0.3 is 15.0 Å². The second-order valence-corrected chi connectivity index (χ2v) is 8.88. The van der Waals surface area contributed by atoms with Crippen LogP contribution in [0.15, 0.2) is 16.3 Å². The van der Waals surface area contributed by atoms with Gasteiger partial charge >= 0.3 is 0 Å². The lowest BCUT2D eigenvalue weighted by molar-refractivity contribution is 0.0659. The lowest BCUT2D eigenvalue weighted by Crippen LogP contribution is -2.45. The van der Waals surface area contributed by atoms with Crippen molar-refractivity contribution in [2.45, 2.75) is 10.9 Å². The van der Waals surface area contributed by atoms with Crippen molar-refractivity contribution in [1.29, 1.82) is 0 Å². The molecule has 0 unspecified atom stereocenters. The van der Waals surface area contributed by atoms with Gasteiger partial charge in [0.15, 0.2) is 0 Å². The van der Waals surface area contributed by atoms with E-state index in [4.69, 9.17) is 4.74 Å². The molecule has 1 aromatic heterocycles. The molecule has 2 fully saturated rings. The fourth-order valence-corrected chi connectivity index (χ4v) is 6.05. The van der Waals surface area contributed by atoms with Gasteiger partial charge in [-0.3, -0.25) is 4.79 Å². The Labute approximate surface area is 140 Å². The van der Waals surface area contributed by atoms with Crippen LogP contribution >= 0.6 is 11.3 Å². The Kier molecular flexibility index (Phi) is 4.75. The van der Waals surface area contributed by atoms with Crippen LogP contribution in [-0.4, -0.2) is 76.5 Å². The summed E-state index contributed by atoms with van der Waals surface area (Å²) in [5.41, 5.74) is 0. The molecule has 128 valence electrons. The van der Waals surface area contributed by atoms with E-state index in [0.29, 0.717) is 31.2 Å². The molecule has 0 spiro atoms. The number of nitrogens with zero attached hydrogens (tertiary/aromatic N) is 2. The van der Waals surface area contributed by atoms with Crippen molar-refractivity contribution in [3.05, 3.63) is 16.3 Å². The first-order valence-corrected chi connectivity index (χ1v) is 9.82. The quantitative estimate of drug-likeness (QED) is 0.826. The number of ether oxygens (including phenoxy) is 1. The summed E-state index contributed by atoms with van der Waals surface area (Å²) in [6, 6.07) is 1.26. The monoisotopic (exact) mass is 359 g/mol. The van der Waals surface area contributed by atoms with E-state index in [1.54, 1.807) is 9.69 Å². The molecule has 2 atom stereocenters. The number of carbonyl (C=O) groups is 1. The Bertz CT molecular complexity index is 688. The SMILES string of the molecule is CNC(=O)c1cc(S(=O)(=O)N2C[C@H]3COC[C@@H]2CN(C)C3)cs1. The first-order chi connectivity index (χ1) is 10.9. The summed E-state index contributed by atoms with van der Waals surface area (Å²) in [5.74, 6) is -0.103. The lowest BCUT2D eigenvalue weighted by Gasteiger charge is -2.28. The van der Waals surface area contributed by atoms with E-state index in [1.165, 1.54) is 13.1 Å². The van der Waals surface area contributed by atoms with Crippen LogP contribution in [0.4, 0.5) is 0 Å². The summed E-state index contributed by atoms with van der Waals surface area (Å²) < 4.78 is 33.3. The summed E-state index contributed by atoms with van der Waals surface area (Å²) in [6.45, 7) is 2.94. The van der Waals surface area contributed by atoms with Crippen molar-refractivity contribution in [2.75, 3.05) is 46.9 Å². The van der Waals surface area contributed by atoms with E-state index >= 15 is 0 Å². The highest BCUT2D eigenvalue weighted by molar-refractivity contribution is 7.89. The topological polar surface area (TPSA) is 79.0 Å². The van der Waals surface area contributed by atoms with Crippen LogP contribution in [0, 0.1) is 5.92 Å². The summed E-state index contributed by atoms with van der Waals surface area (Å²) in [4.78, 5) is 14.4. The number of fused-ring (bicyclic) bond motifs is 3. The van der Waals surface area contributed by atoms with E-state index in [0.717, 1.165) is 17.9 Å². The van der Waals surface area contributed by atoms with Crippen LogP contribution in [0.3, 0.4) is 0 Å². The van der Waals surface area contributed by atoms with Crippen molar-refractivity contribution >= 4 is 27.3 Å². The lowest BCUT2D eigenvalue weighted by atomic mass is 10.1. The third-order valence-corrected chi connectivity index (χ3v) is 7.21. The van der Waals surface area contributed by atoms with Crippen LogP contribution in [0.5, 0.6) is 0 Å². The molecule has 1 amide bonds. The molecule has 7 nitrogen and oxygen atoms in total. The standard InChI is InChI=1S/C14H21N3O4S2/c1-15-14(18)13-3-12(9-22-13)23(19,20)17-5-10-4-16(2)6-11(17)8-21-7-10/h3,9-11H,4-8H2,1-2H3,(H,15,18)/t10-,11-/m0/s1. The molecule has 23 heavy (non-hydrogen) atoms. The van der Waals surface area contributed by atoms with Gasteiger partial charge in [-0.25, -0.2) is 8.42 Å². The second kappa shape index (κ2) is 6.48. The predicted molar refractivity (Wildman–Crippen MR) is 87.2 cm³/mol. The number of thiophene rings is 1. The number of nitrogens with one attached hydrogen (secondary N) is 1. The number of hydrogen-bond donors (Lipinski definition) is 1. The molecule has 0 aliphatic carbocycles. The Morgan fingerprint density at radius 2 is 2.13 bits per heavy atom. The number of likely N-dealkylation sites (N-methyl/N-ethyl adjacent to an activating group) is 1. The molecule has 1 N–H and O–H groups in total. The summed E-state index contributed by atoms with van der Waals surface area (Å²) >= 11 is 1.14. The molecule has 2 saturated heterocycles.